The van der Waals surface area contributed by atoms with Gasteiger partial charge in [-0.3, -0.25) is 9.69 Å². The second kappa shape index (κ2) is 9.51. The lowest BCUT2D eigenvalue weighted by Gasteiger charge is -2.39. The quantitative estimate of drug-likeness (QED) is 0.536. The van der Waals surface area contributed by atoms with Gasteiger partial charge in [0.05, 0.1) is 0 Å². The highest BCUT2D eigenvalue weighted by atomic mass is 16.5. The van der Waals surface area contributed by atoms with Crippen molar-refractivity contribution in [1.29, 1.82) is 0 Å². The number of carbonyl (C=O) groups is 1. The molecule has 2 aromatic rings. The molecule has 174 valence electrons. The number of anilines is 1. The van der Waals surface area contributed by atoms with E-state index in [9.17, 15) is 9.90 Å². The molecule has 0 bridgehead atoms. The van der Waals surface area contributed by atoms with E-state index in [0.29, 0.717) is 31.0 Å². The third kappa shape index (κ3) is 4.62. The smallest absolute Gasteiger partial charge is 0.272 e. The van der Waals surface area contributed by atoms with Gasteiger partial charge in [0.1, 0.15) is 17.3 Å². The van der Waals surface area contributed by atoms with Crippen molar-refractivity contribution < 1.29 is 14.6 Å². The molecule has 0 fully saturated rings. The average Bonchev–Trinajstić information content (AvgIpc) is 2.75. The summed E-state index contributed by atoms with van der Waals surface area (Å²) in [4.78, 5) is 20.5. The number of aromatic nitrogens is 1. The normalized spacial score (nSPS) is 17.6. The molecule has 5 nitrogen and oxygen atoms in total. The number of amides is 1. The Balaban J connectivity index is 1.97. The summed E-state index contributed by atoms with van der Waals surface area (Å²) in [5.74, 6) is 1.74. The standard InChI is InChI=1S/C27H38N2O3/c1-8-9-10-11-14-29(23-16-17(2)15-18(3)28-23)26(31)27(7)13-12-22-21(6)24(30)19(4)20(5)25(22)32-27/h15-16,30H,8-14H2,1-7H3. The third-order valence-electron chi connectivity index (χ3n) is 6.81. The maximum Gasteiger partial charge on any atom is 0.272 e. The van der Waals surface area contributed by atoms with E-state index in [1.54, 1.807) is 0 Å². The van der Waals surface area contributed by atoms with Crippen molar-refractivity contribution in [2.24, 2.45) is 0 Å². The minimum absolute atomic E-state index is 0.0417. The van der Waals surface area contributed by atoms with Crippen LogP contribution in [0.3, 0.4) is 0 Å². The highest BCUT2D eigenvalue weighted by Gasteiger charge is 2.43. The Morgan fingerprint density at radius 3 is 2.47 bits per heavy atom. The van der Waals surface area contributed by atoms with Gasteiger partial charge in [-0.25, -0.2) is 4.98 Å². The fraction of sp³-hybridized carbons (Fsp3) is 0.556. The van der Waals surface area contributed by atoms with Crippen molar-refractivity contribution in [2.45, 2.75) is 92.6 Å². The van der Waals surface area contributed by atoms with E-state index in [2.05, 4.69) is 6.92 Å². The van der Waals surface area contributed by atoms with Gasteiger partial charge in [-0.2, -0.15) is 0 Å². The molecule has 0 saturated carbocycles. The van der Waals surface area contributed by atoms with Crippen LogP contribution in [0.5, 0.6) is 11.5 Å². The van der Waals surface area contributed by atoms with Crippen LogP contribution in [0.15, 0.2) is 12.1 Å². The Hall–Kier alpha value is -2.56. The van der Waals surface area contributed by atoms with Crippen LogP contribution in [-0.4, -0.2) is 28.1 Å². The first-order valence-electron chi connectivity index (χ1n) is 11.9. The first-order valence-corrected chi connectivity index (χ1v) is 11.9. The number of hydrogen-bond acceptors (Lipinski definition) is 4. The van der Waals surface area contributed by atoms with Crippen LogP contribution in [0.4, 0.5) is 5.82 Å². The largest absolute Gasteiger partial charge is 0.507 e. The zero-order chi connectivity index (χ0) is 23.6. The van der Waals surface area contributed by atoms with Gasteiger partial charge in [0.15, 0.2) is 5.60 Å². The van der Waals surface area contributed by atoms with Crippen molar-refractivity contribution in [3.63, 3.8) is 0 Å². The molecule has 0 spiro atoms. The molecule has 1 aromatic heterocycles. The summed E-state index contributed by atoms with van der Waals surface area (Å²) in [6.45, 7) is 14.5. The fourth-order valence-corrected chi connectivity index (χ4v) is 4.66. The number of aromatic hydroxyl groups is 1. The molecule has 1 N–H and O–H groups in total. The summed E-state index contributed by atoms with van der Waals surface area (Å²) < 4.78 is 6.49. The zero-order valence-electron chi connectivity index (χ0n) is 20.8. The number of nitrogens with zero attached hydrogens (tertiary/aromatic N) is 2. The van der Waals surface area contributed by atoms with E-state index in [-0.39, 0.29) is 5.91 Å². The van der Waals surface area contributed by atoms with E-state index in [1.807, 2.05) is 58.6 Å². The molecule has 1 amide bonds. The first-order chi connectivity index (χ1) is 15.1. The summed E-state index contributed by atoms with van der Waals surface area (Å²) in [6, 6.07) is 4.02. The number of carbonyl (C=O) groups excluding carboxylic acids is 1. The van der Waals surface area contributed by atoms with Crippen LogP contribution >= 0.6 is 0 Å². The number of phenolic OH excluding ortho intramolecular Hbond substituents is 1. The summed E-state index contributed by atoms with van der Waals surface area (Å²) in [5.41, 5.74) is 4.60. The number of pyridine rings is 1. The molecule has 2 heterocycles. The monoisotopic (exact) mass is 438 g/mol. The maximum absolute atomic E-state index is 14.0. The Morgan fingerprint density at radius 2 is 1.81 bits per heavy atom. The van der Waals surface area contributed by atoms with Crippen molar-refractivity contribution in [2.75, 3.05) is 11.4 Å². The maximum atomic E-state index is 14.0. The number of aryl methyl sites for hydroxylation is 2. The molecule has 1 aromatic carbocycles. The number of phenols is 1. The number of fused-ring (bicyclic) bond motifs is 1. The SMILES string of the molecule is CCCCCCN(C(=O)C1(C)CCc2c(C)c(O)c(C)c(C)c2O1)c1cc(C)cc(C)n1. The van der Waals surface area contributed by atoms with Crippen molar-refractivity contribution in [3.8, 4) is 11.5 Å². The molecule has 1 aliphatic rings. The average molecular weight is 439 g/mol. The lowest BCUT2D eigenvalue weighted by atomic mass is 9.86. The number of unbranched alkanes of at least 4 members (excludes halogenated alkanes) is 3. The lowest BCUT2D eigenvalue weighted by molar-refractivity contribution is -0.134. The second-order valence-corrected chi connectivity index (χ2v) is 9.53. The van der Waals surface area contributed by atoms with E-state index in [4.69, 9.17) is 9.72 Å². The highest BCUT2D eigenvalue weighted by Crippen LogP contribution is 2.44. The van der Waals surface area contributed by atoms with Crippen LogP contribution < -0.4 is 9.64 Å². The van der Waals surface area contributed by atoms with Gasteiger partial charge in [-0.05, 0) is 88.8 Å². The van der Waals surface area contributed by atoms with Crippen molar-refractivity contribution in [3.05, 3.63) is 45.6 Å². The summed E-state index contributed by atoms with van der Waals surface area (Å²) in [6.07, 6.45) is 5.59. The van der Waals surface area contributed by atoms with Crippen molar-refractivity contribution >= 4 is 11.7 Å². The van der Waals surface area contributed by atoms with E-state index < -0.39 is 5.60 Å². The predicted molar refractivity (Wildman–Crippen MR) is 130 cm³/mol. The van der Waals surface area contributed by atoms with Crippen LogP contribution in [0.1, 0.15) is 79.5 Å². The number of benzene rings is 1. The van der Waals surface area contributed by atoms with Gasteiger partial charge < -0.3 is 9.84 Å². The minimum Gasteiger partial charge on any atom is -0.507 e. The minimum atomic E-state index is -0.975. The van der Waals surface area contributed by atoms with Crippen LogP contribution in [-0.2, 0) is 11.2 Å². The number of hydrogen-bond donors (Lipinski definition) is 1. The van der Waals surface area contributed by atoms with Crippen LogP contribution in [0.25, 0.3) is 0 Å². The van der Waals surface area contributed by atoms with E-state index in [1.165, 1.54) is 0 Å². The summed E-state index contributed by atoms with van der Waals surface area (Å²) >= 11 is 0. The Bertz CT molecular complexity index is 994. The lowest BCUT2D eigenvalue weighted by Crippen LogP contribution is -2.53. The molecule has 5 heteroatoms. The molecule has 1 aliphatic heterocycles. The molecule has 1 atom stereocenters. The van der Waals surface area contributed by atoms with Gasteiger partial charge >= 0.3 is 0 Å². The molecular formula is C27H38N2O3. The molecule has 0 radical (unpaired) electrons. The Kier molecular flexibility index (Phi) is 7.16. The van der Waals surface area contributed by atoms with Gasteiger partial charge in [0.25, 0.3) is 5.91 Å². The Morgan fingerprint density at radius 1 is 1.09 bits per heavy atom. The molecular weight excluding hydrogens is 400 g/mol. The third-order valence-corrected chi connectivity index (χ3v) is 6.81. The number of rotatable bonds is 7. The van der Waals surface area contributed by atoms with Gasteiger partial charge in [0.2, 0.25) is 0 Å². The van der Waals surface area contributed by atoms with Crippen molar-refractivity contribution in [1.82, 2.24) is 4.98 Å². The Labute approximate surface area is 192 Å². The highest BCUT2D eigenvalue weighted by molar-refractivity contribution is 5.99. The van der Waals surface area contributed by atoms with Gasteiger partial charge in [-0.1, -0.05) is 26.2 Å². The summed E-state index contributed by atoms with van der Waals surface area (Å²) in [7, 11) is 0. The second-order valence-electron chi connectivity index (χ2n) is 9.53. The number of ether oxygens (including phenoxy) is 1. The summed E-state index contributed by atoms with van der Waals surface area (Å²) in [5, 5.41) is 10.5. The van der Waals surface area contributed by atoms with E-state index in [0.717, 1.165) is 64.9 Å². The molecule has 3 rings (SSSR count). The van der Waals surface area contributed by atoms with Crippen LogP contribution in [0, 0.1) is 34.6 Å². The first kappa shape index (κ1) is 24.1. The molecule has 0 aliphatic carbocycles. The zero-order valence-corrected chi connectivity index (χ0v) is 20.8. The molecule has 32 heavy (non-hydrogen) atoms. The van der Waals surface area contributed by atoms with Gasteiger partial charge in [0, 0.05) is 24.2 Å². The predicted octanol–water partition coefficient (Wildman–Crippen LogP) is 6.03. The van der Waals surface area contributed by atoms with Crippen LogP contribution in [0.2, 0.25) is 0 Å². The topological polar surface area (TPSA) is 62.7 Å². The molecule has 1 unspecified atom stereocenters. The molecule has 0 saturated heterocycles. The van der Waals surface area contributed by atoms with E-state index >= 15 is 0 Å². The van der Waals surface area contributed by atoms with Gasteiger partial charge in [-0.15, -0.1) is 0 Å². The fourth-order valence-electron chi connectivity index (χ4n) is 4.66.